The van der Waals surface area contributed by atoms with E-state index in [1.54, 1.807) is 6.20 Å². The summed E-state index contributed by atoms with van der Waals surface area (Å²) in [7, 11) is 0. The maximum Gasteiger partial charge on any atom is 0.303 e. The molecule has 19 heavy (non-hydrogen) atoms. The summed E-state index contributed by atoms with van der Waals surface area (Å²) in [4.78, 5) is 19.1. The normalized spacial score (nSPS) is 12.3. The first-order valence-corrected chi connectivity index (χ1v) is 6.02. The second-order valence-electron chi connectivity index (χ2n) is 4.59. The Morgan fingerprint density at radius 3 is 3.00 bits per heavy atom. The summed E-state index contributed by atoms with van der Waals surface area (Å²) in [6.45, 7) is 3.76. The highest BCUT2D eigenvalue weighted by molar-refractivity contribution is 5.66. The third-order valence-corrected chi connectivity index (χ3v) is 2.74. The molecule has 0 spiro atoms. The number of rotatable bonds is 5. The van der Waals surface area contributed by atoms with Gasteiger partial charge in [0.2, 0.25) is 11.7 Å². The molecule has 0 radical (unpaired) electrons. The zero-order chi connectivity index (χ0) is 13.8. The van der Waals surface area contributed by atoms with Crippen molar-refractivity contribution in [2.45, 2.75) is 26.7 Å². The van der Waals surface area contributed by atoms with Crippen molar-refractivity contribution in [1.82, 2.24) is 15.1 Å². The van der Waals surface area contributed by atoms with Crippen LogP contribution in [-0.4, -0.2) is 26.2 Å². The molecule has 1 N–H and O–H groups in total. The average Bonchev–Trinajstić information content (AvgIpc) is 2.76. The fraction of sp³-hybridized carbons (Fsp3) is 0.385. The minimum Gasteiger partial charge on any atom is -0.481 e. The van der Waals surface area contributed by atoms with Crippen molar-refractivity contribution in [1.29, 1.82) is 0 Å². The van der Waals surface area contributed by atoms with Crippen LogP contribution in [-0.2, 0) is 11.2 Å². The number of carboxylic acids is 1. The smallest absolute Gasteiger partial charge is 0.303 e. The van der Waals surface area contributed by atoms with Crippen LogP contribution in [0.25, 0.3) is 11.5 Å². The summed E-state index contributed by atoms with van der Waals surface area (Å²) in [5.74, 6) is 0.00728. The Bertz CT molecular complexity index is 580. The van der Waals surface area contributed by atoms with E-state index in [9.17, 15) is 4.79 Å². The molecule has 100 valence electrons. The molecule has 0 saturated heterocycles. The minimum absolute atomic E-state index is 0.0457. The SMILES string of the molecule is Cc1cccnc1-c1noc(CC(C)CC(=O)O)n1. The Balaban J connectivity index is 2.11. The molecule has 2 heterocycles. The first-order chi connectivity index (χ1) is 9.06. The highest BCUT2D eigenvalue weighted by Crippen LogP contribution is 2.18. The monoisotopic (exact) mass is 261 g/mol. The quantitative estimate of drug-likeness (QED) is 0.886. The van der Waals surface area contributed by atoms with Gasteiger partial charge in [-0.15, -0.1) is 0 Å². The molecular weight excluding hydrogens is 246 g/mol. The van der Waals surface area contributed by atoms with Gasteiger partial charge in [-0.3, -0.25) is 9.78 Å². The summed E-state index contributed by atoms with van der Waals surface area (Å²) in [6.07, 6.45) is 2.21. The van der Waals surface area contributed by atoms with Gasteiger partial charge in [0.05, 0.1) is 0 Å². The molecule has 1 unspecified atom stereocenters. The highest BCUT2D eigenvalue weighted by atomic mass is 16.5. The van der Waals surface area contributed by atoms with Gasteiger partial charge < -0.3 is 9.63 Å². The molecule has 0 aliphatic heterocycles. The molecular formula is C13H15N3O3. The number of nitrogens with zero attached hydrogens (tertiary/aromatic N) is 3. The second kappa shape index (κ2) is 5.60. The second-order valence-corrected chi connectivity index (χ2v) is 4.59. The Hall–Kier alpha value is -2.24. The molecule has 0 aliphatic carbocycles. The maximum atomic E-state index is 10.6. The largest absolute Gasteiger partial charge is 0.481 e. The highest BCUT2D eigenvalue weighted by Gasteiger charge is 2.15. The first-order valence-electron chi connectivity index (χ1n) is 6.02. The number of hydrogen-bond donors (Lipinski definition) is 1. The standard InChI is InChI=1S/C13H15N3O3/c1-8(7-11(17)18)6-10-15-13(16-19-10)12-9(2)4-3-5-14-12/h3-5,8H,6-7H2,1-2H3,(H,17,18). The van der Waals surface area contributed by atoms with Crippen molar-refractivity contribution in [2.75, 3.05) is 0 Å². The van der Waals surface area contributed by atoms with E-state index in [2.05, 4.69) is 15.1 Å². The lowest BCUT2D eigenvalue weighted by atomic mass is 10.0. The molecule has 0 fully saturated rings. The topological polar surface area (TPSA) is 89.1 Å². The number of pyridine rings is 1. The van der Waals surface area contributed by atoms with Crippen molar-refractivity contribution in [2.24, 2.45) is 5.92 Å². The van der Waals surface area contributed by atoms with Crippen LogP contribution >= 0.6 is 0 Å². The third-order valence-electron chi connectivity index (χ3n) is 2.74. The summed E-state index contributed by atoms with van der Waals surface area (Å²) in [5, 5.41) is 12.6. The van der Waals surface area contributed by atoms with E-state index in [1.165, 1.54) is 0 Å². The number of aromatic nitrogens is 3. The van der Waals surface area contributed by atoms with Crippen molar-refractivity contribution >= 4 is 5.97 Å². The van der Waals surface area contributed by atoms with Crippen molar-refractivity contribution in [3.8, 4) is 11.5 Å². The van der Waals surface area contributed by atoms with E-state index in [0.29, 0.717) is 23.8 Å². The molecule has 0 aliphatic rings. The van der Waals surface area contributed by atoms with Crippen molar-refractivity contribution in [3.63, 3.8) is 0 Å². The van der Waals surface area contributed by atoms with E-state index in [0.717, 1.165) is 5.56 Å². The number of aliphatic carboxylic acids is 1. The third kappa shape index (κ3) is 3.37. The molecule has 6 heteroatoms. The molecule has 0 saturated carbocycles. The number of carbonyl (C=O) groups is 1. The summed E-state index contributed by atoms with van der Waals surface area (Å²) in [5.41, 5.74) is 1.65. The van der Waals surface area contributed by atoms with Crippen LogP contribution in [0.15, 0.2) is 22.9 Å². The average molecular weight is 261 g/mol. The fourth-order valence-corrected chi connectivity index (χ4v) is 1.82. The van der Waals surface area contributed by atoms with Gasteiger partial charge in [0.1, 0.15) is 5.69 Å². The van der Waals surface area contributed by atoms with E-state index < -0.39 is 5.97 Å². The molecule has 0 aromatic carbocycles. The lowest BCUT2D eigenvalue weighted by Crippen LogP contribution is -2.07. The van der Waals surface area contributed by atoms with Gasteiger partial charge in [0, 0.05) is 19.0 Å². The molecule has 0 bridgehead atoms. The van der Waals surface area contributed by atoms with Crippen molar-refractivity contribution < 1.29 is 14.4 Å². The zero-order valence-corrected chi connectivity index (χ0v) is 10.8. The van der Waals surface area contributed by atoms with E-state index in [1.807, 2.05) is 26.0 Å². The predicted octanol–water partition coefficient (Wildman–Crippen LogP) is 2.09. The Morgan fingerprint density at radius 2 is 2.32 bits per heavy atom. The van der Waals surface area contributed by atoms with Crippen LogP contribution in [0.2, 0.25) is 0 Å². The van der Waals surface area contributed by atoms with Gasteiger partial charge in [0.15, 0.2) is 0 Å². The van der Waals surface area contributed by atoms with Crippen LogP contribution < -0.4 is 0 Å². The molecule has 2 rings (SSSR count). The Kier molecular flexibility index (Phi) is 3.89. The van der Waals surface area contributed by atoms with Crippen LogP contribution in [0.5, 0.6) is 0 Å². The van der Waals surface area contributed by atoms with Crippen LogP contribution in [0.4, 0.5) is 0 Å². The lowest BCUT2D eigenvalue weighted by Gasteiger charge is -2.03. The number of hydrogen-bond acceptors (Lipinski definition) is 5. The molecule has 1 atom stereocenters. The first kappa shape index (κ1) is 13.2. The van der Waals surface area contributed by atoms with E-state index >= 15 is 0 Å². The van der Waals surface area contributed by atoms with Gasteiger partial charge >= 0.3 is 5.97 Å². The molecule has 2 aromatic heterocycles. The Labute approximate surface area is 110 Å². The van der Waals surface area contributed by atoms with Crippen LogP contribution in [0.3, 0.4) is 0 Å². The fourth-order valence-electron chi connectivity index (χ4n) is 1.82. The summed E-state index contributed by atoms with van der Waals surface area (Å²) < 4.78 is 5.13. The molecule has 6 nitrogen and oxygen atoms in total. The van der Waals surface area contributed by atoms with Crippen LogP contribution in [0.1, 0.15) is 24.8 Å². The van der Waals surface area contributed by atoms with Crippen LogP contribution in [0, 0.1) is 12.8 Å². The molecule has 2 aromatic rings. The Morgan fingerprint density at radius 1 is 1.53 bits per heavy atom. The number of aryl methyl sites for hydroxylation is 1. The number of carboxylic acid groups (broad SMARTS) is 1. The van der Waals surface area contributed by atoms with Gasteiger partial charge in [-0.05, 0) is 24.5 Å². The van der Waals surface area contributed by atoms with E-state index in [-0.39, 0.29) is 12.3 Å². The maximum absolute atomic E-state index is 10.6. The summed E-state index contributed by atoms with van der Waals surface area (Å²) in [6, 6.07) is 3.76. The lowest BCUT2D eigenvalue weighted by molar-refractivity contribution is -0.137. The van der Waals surface area contributed by atoms with Gasteiger partial charge in [-0.25, -0.2) is 0 Å². The minimum atomic E-state index is -0.826. The van der Waals surface area contributed by atoms with Gasteiger partial charge in [-0.2, -0.15) is 4.98 Å². The van der Waals surface area contributed by atoms with Crippen molar-refractivity contribution in [3.05, 3.63) is 29.8 Å². The molecule has 0 amide bonds. The predicted molar refractivity (Wildman–Crippen MR) is 67.4 cm³/mol. The van der Waals surface area contributed by atoms with Gasteiger partial charge in [-0.1, -0.05) is 18.1 Å². The van der Waals surface area contributed by atoms with Gasteiger partial charge in [0.25, 0.3) is 0 Å². The summed E-state index contributed by atoms with van der Waals surface area (Å²) >= 11 is 0. The van der Waals surface area contributed by atoms with E-state index in [4.69, 9.17) is 9.63 Å². The zero-order valence-electron chi connectivity index (χ0n) is 10.8.